The molecule has 0 rings (SSSR count). The van der Waals surface area contributed by atoms with Crippen LogP contribution in [0.3, 0.4) is 0 Å². The number of rotatable bonds is 7. The van der Waals surface area contributed by atoms with E-state index in [1.165, 1.54) is 6.92 Å². The van der Waals surface area contributed by atoms with Crippen molar-refractivity contribution in [3.8, 4) is 0 Å². The summed E-state index contributed by atoms with van der Waals surface area (Å²) in [5, 5.41) is 13.4. The molecule has 0 saturated heterocycles. The van der Waals surface area contributed by atoms with Gasteiger partial charge in [-0.05, 0) is 0 Å². The molecule has 0 aliphatic carbocycles. The van der Waals surface area contributed by atoms with Crippen molar-refractivity contribution < 1.29 is 19.5 Å². The van der Waals surface area contributed by atoms with Gasteiger partial charge in [-0.15, -0.1) is 0 Å². The van der Waals surface area contributed by atoms with Crippen LogP contribution in [0.1, 0.15) is 13.3 Å². The fourth-order valence-corrected chi connectivity index (χ4v) is 1.34. The number of aliphatic hydroxyl groups is 1. The van der Waals surface area contributed by atoms with Gasteiger partial charge in [0, 0.05) is 32.2 Å². The zero-order chi connectivity index (χ0) is 12.4. The predicted octanol–water partition coefficient (Wildman–Crippen LogP) is -1.12. The molecule has 0 atom stereocenters. The highest BCUT2D eigenvalue weighted by atomic mass is 32.2. The summed E-state index contributed by atoms with van der Waals surface area (Å²) in [6, 6.07) is 0. The topological polar surface area (TPSA) is 95.5 Å². The van der Waals surface area contributed by atoms with E-state index in [-0.39, 0.29) is 24.0 Å². The van der Waals surface area contributed by atoms with E-state index >= 15 is 0 Å². The highest BCUT2D eigenvalue weighted by Gasteiger charge is 2.02. The third-order valence-corrected chi connectivity index (χ3v) is 2.36. The van der Waals surface area contributed by atoms with Gasteiger partial charge >= 0.3 is 0 Å². The molecular formula is C9H16N2O4S. The second-order valence-corrected chi connectivity index (χ2v) is 4.22. The summed E-state index contributed by atoms with van der Waals surface area (Å²) in [5.41, 5.74) is 0. The Hall–Kier alpha value is -1.08. The molecule has 0 spiro atoms. The Balaban J connectivity index is 3.38. The van der Waals surface area contributed by atoms with Crippen LogP contribution in [0.15, 0.2) is 0 Å². The van der Waals surface area contributed by atoms with E-state index in [9.17, 15) is 14.4 Å². The van der Waals surface area contributed by atoms with Gasteiger partial charge in [-0.2, -0.15) is 0 Å². The van der Waals surface area contributed by atoms with Crippen molar-refractivity contribution in [1.82, 2.24) is 10.6 Å². The van der Waals surface area contributed by atoms with Gasteiger partial charge in [0.1, 0.15) is 6.61 Å². The van der Waals surface area contributed by atoms with E-state index in [4.69, 9.17) is 5.11 Å². The number of thioether (sulfide) groups is 1. The van der Waals surface area contributed by atoms with Gasteiger partial charge in [-0.25, -0.2) is 0 Å². The molecule has 6 nitrogen and oxygen atoms in total. The quantitative estimate of drug-likeness (QED) is 0.496. The summed E-state index contributed by atoms with van der Waals surface area (Å²) in [6.07, 6.45) is 0.163. The third-order valence-electron chi connectivity index (χ3n) is 1.55. The molecule has 0 aromatic heterocycles. The second kappa shape index (κ2) is 9.17. The fraction of sp³-hybridized carbons (Fsp3) is 0.667. The van der Waals surface area contributed by atoms with Gasteiger partial charge in [0.2, 0.25) is 11.8 Å². The molecule has 0 aromatic carbocycles. The Morgan fingerprint density at radius 3 is 2.31 bits per heavy atom. The molecule has 0 unspecified atom stereocenters. The van der Waals surface area contributed by atoms with E-state index < -0.39 is 12.5 Å². The first kappa shape index (κ1) is 14.9. The van der Waals surface area contributed by atoms with Crippen LogP contribution in [-0.2, 0) is 14.4 Å². The molecule has 92 valence electrons. The molecule has 0 aliphatic rings. The highest BCUT2D eigenvalue weighted by Crippen LogP contribution is 1.98. The Morgan fingerprint density at radius 1 is 1.12 bits per heavy atom. The highest BCUT2D eigenvalue weighted by molar-refractivity contribution is 8.13. The largest absolute Gasteiger partial charge is 0.387 e. The summed E-state index contributed by atoms with van der Waals surface area (Å²) in [4.78, 5) is 32.3. The molecule has 3 N–H and O–H groups in total. The zero-order valence-corrected chi connectivity index (χ0v) is 9.93. The van der Waals surface area contributed by atoms with Gasteiger partial charge in [0.25, 0.3) is 0 Å². The van der Waals surface area contributed by atoms with Gasteiger partial charge < -0.3 is 15.7 Å². The summed E-state index contributed by atoms with van der Waals surface area (Å²) in [7, 11) is 0. The number of hydrogen-bond donors (Lipinski definition) is 3. The van der Waals surface area contributed by atoms with Gasteiger partial charge in [0.15, 0.2) is 5.12 Å². The number of nitrogens with one attached hydrogen (secondary N) is 2. The Morgan fingerprint density at radius 2 is 1.75 bits per heavy atom. The standard InChI is InChI=1S/C9H16N2O4S/c1-7(13)16-5-4-11-8(14)2-3-10-9(15)6-12/h12H,2-6H2,1H3,(H,10,15)(H,11,14). The minimum atomic E-state index is -0.573. The molecule has 0 saturated carbocycles. The van der Waals surface area contributed by atoms with Crippen LogP contribution in [-0.4, -0.2) is 47.5 Å². The third kappa shape index (κ3) is 9.47. The molecule has 0 aromatic rings. The van der Waals surface area contributed by atoms with Crippen LogP contribution in [0.2, 0.25) is 0 Å². The first-order valence-electron chi connectivity index (χ1n) is 4.84. The van der Waals surface area contributed by atoms with Crippen molar-refractivity contribution in [3.05, 3.63) is 0 Å². The van der Waals surface area contributed by atoms with Crippen molar-refractivity contribution in [1.29, 1.82) is 0 Å². The van der Waals surface area contributed by atoms with Crippen molar-refractivity contribution in [2.75, 3.05) is 25.4 Å². The smallest absolute Gasteiger partial charge is 0.245 e. The van der Waals surface area contributed by atoms with E-state index in [0.717, 1.165) is 11.8 Å². The first-order chi connectivity index (χ1) is 7.56. The van der Waals surface area contributed by atoms with E-state index in [2.05, 4.69) is 10.6 Å². The van der Waals surface area contributed by atoms with E-state index in [1.807, 2.05) is 0 Å². The summed E-state index contributed by atoms with van der Waals surface area (Å²) in [6.45, 7) is 1.52. The molecule has 7 heteroatoms. The average Bonchev–Trinajstić information content (AvgIpc) is 2.24. The van der Waals surface area contributed by atoms with Crippen molar-refractivity contribution in [3.63, 3.8) is 0 Å². The number of amides is 2. The van der Waals surface area contributed by atoms with Crippen LogP contribution in [0.4, 0.5) is 0 Å². The minimum absolute atomic E-state index is 0.0180. The lowest BCUT2D eigenvalue weighted by atomic mass is 10.4. The molecule has 0 heterocycles. The maximum Gasteiger partial charge on any atom is 0.245 e. The maximum atomic E-state index is 11.1. The summed E-state index contributed by atoms with van der Waals surface area (Å²) < 4.78 is 0. The normalized spacial score (nSPS) is 9.62. The van der Waals surface area contributed by atoms with Crippen LogP contribution in [0.5, 0.6) is 0 Å². The van der Waals surface area contributed by atoms with E-state index in [0.29, 0.717) is 12.3 Å². The molecule has 2 amide bonds. The van der Waals surface area contributed by atoms with Gasteiger partial charge in [-0.3, -0.25) is 14.4 Å². The van der Waals surface area contributed by atoms with Crippen LogP contribution >= 0.6 is 11.8 Å². The van der Waals surface area contributed by atoms with Crippen molar-refractivity contribution >= 4 is 28.7 Å². The molecule has 0 bridgehead atoms. The zero-order valence-electron chi connectivity index (χ0n) is 9.12. The molecule has 0 fully saturated rings. The molecule has 0 aliphatic heterocycles. The SMILES string of the molecule is CC(=O)SCCNC(=O)CCNC(=O)CO. The Kier molecular flexibility index (Phi) is 8.55. The fourth-order valence-electron chi connectivity index (χ4n) is 0.845. The molecular weight excluding hydrogens is 232 g/mol. The molecule has 16 heavy (non-hydrogen) atoms. The summed E-state index contributed by atoms with van der Waals surface area (Å²) >= 11 is 1.15. The van der Waals surface area contributed by atoms with Crippen LogP contribution in [0.25, 0.3) is 0 Å². The summed E-state index contributed by atoms with van der Waals surface area (Å²) in [5.74, 6) is -0.147. The first-order valence-corrected chi connectivity index (χ1v) is 5.82. The number of carbonyl (C=O) groups excluding carboxylic acids is 3. The number of aliphatic hydroxyl groups excluding tert-OH is 1. The number of carbonyl (C=O) groups is 3. The Labute approximate surface area is 98.2 Å². The van der Waals surface area contributed by atoms with Crippen LogP contribution < -0.4 is 10.6 Å². The lowest BCUT2D eigenvalue weighted by Gasteiger charge is -2.04. The Bertz CT molecular complexity index is 258. The minimum Gasteiger partial charge on any atom is -0.387 e. The lowest BCUT2D eigenvalue weighted by molar-refractivity contribution is -0.124. The average molecular weight is 248 g/mol. The monoisotopic (exact) mass is 248 g/mol. The lowest BCUT2D eigenvalue weighted by Crippen LogP contribution is -2.32. The predicted molar refractivity (Wildman–Crippen MR) is 60.9 cm³/mol. The van der Waals surface area contributed by atoms with Gasteiger partial charge in [-0.1, -0.05) is 11.8 Å². The van der Waals surface area contributed by atoms with Gasteiger partial charge in [0.05, 0.1) is 0 Å². The number of hydrogen-bond acceptors (Lipinski definition) is 5. The van der Waals surface area contributed by atoms with E-state index in [1.54, 1.807) is 0 Å². The van der Waals surface area contributed by atoms with Crippen molar-refractivity contribution in [2.24, 2.45) is 0 Å². The second-order valence-electron chi connectivity index (χ2n) is 2.95. The molecule has 0 radical (unpaired) electrons. The van der Waals surface area contributed by atoms with Crippen molar-refractivity contribution in [2.45, 2.75) is 13.3 Å². The van der Waals surface area contributed by atoms with Crippen LogP contribution in [0, 0.1) is 0 Å². The maximum absolute atomic E-state index is 11.1.